The summed E-state index contributed by atoms with van der Waals surface area (Å²) in [7, 11) is 0. The summed E-state index contributed by atoms with van der Waals surface area (Å²) in [6.07, 6.45) is 0.882. The van der Waals surface area contributed by atoms with Gasteiger partial charge in [0.05, 0.1) is 11.4 Å². The minimum Gasteiger partial charge on any atom is -0.383 e. The number of nitrogens with one attached hydrogen (secondary N) is 1. The van der Waals surface area contributed by atoms with Crippen molar-refractivity contribution in [1.82, 2.24) is 0 Å². The van der Waals surface area contributed by atoms with Crippen molar-refractivity contribution in [1.29, 1.82) is 0 Å². The Morgan fingerprint density at radius 1 is 1.18 bits per heavy atom. The first-order valence-electron chi connectivity index (χ1n) is 7.04. The van der Waals surface area contributed by atoms with Crippen LogP contribution < -0.4 is 10.2 Å². The van der Waals surface area contributed by atoms with Gasteiger partial charge in [-0.2, -0.15) is 0 Å². The van der Waals surface area contributed by atoms with Crippen molar-refractivity contribution in [3.8, 4) is 0 Å². The van der Waals surface area contributed by atoms with Gasteiger partial charge in [-0.15, -0.1) is 0 Å². The second-order valence-corrected chi connectivity index (χ2v) is 6.08. The van der Waals surface area contributed by atoms with Crippen LogP contribution in [0.5, 0.6) is 0 Å². The standard InChI is InChI=1S/C17H15BrN2O2/c1-11(21)20(17(22)12-5-3-2-4-6-12)15-10-14(18)9-13-7-8-19-16(13)15/h2-6,9-10,19H,7-8H2,1H3. The minimum atomic E-state index is -0.317. The number of amides is 2. The third-order valence-electron chi connectivity index (χ3n) is 3.64. The second-order valence-electron chi connectivity index (χ2n) is 5.16. The third-order valence-corrected chi connectivity index (χ3v) is 4.10. The first kappa shape index (κ1) is 14.8. The minimum absolute atomic E-state index is 0.303. The fourth-order valence-corrected chi connectivity index (χ4v) is 3.17. The number of rotatable bonds is 2. The Kier molecular flexibility index (Phi) is 3.98. The van der Waals surface area contributed by atoms with Crippen LogP contribution in [0.4, 0.5) is 11.4 Å². The summed E-state index contributed by atoms with van der Waals surface area (Å²) in [5.74, 6) is -0.620. The Hall–Kier alpha value is -2.14. The van der Waals surface area contributed by atoms with Gasteiger partial charge in [-0.25, -0.2) is 4.90 Å². The molecule has 0 bridgehead atoms. The molecule has 1 heterocycles. The highest BCUT2D eigenvalue weighted by Crippen LogP contribution is 2.37. The van der Waals surface area contributed by atoms with Gasteiger partial charge in [0.15, 0.2) is 0 Å². The van der Waals surface area contributed by atoms with Gasteiger partial charge in [-0.3, -0.25) is 9.59 Å². The zero-order valence-electron chi connectivity index (χ0n) is 12.1. The summed E-state index contributed by atoms with van der Waals surface area (Å²) in [4.78, 5) is 26.1. The Bertz CT molecular complexity index is 744. The fourth-order valence-electron chi connectivity index (χ4n) is 2.68. The average Bonchev–Trinajstić information content (AvgIpc) is 2.96. The van der Waals surface area contributed by atoms with E-state index in [9.17, 15) is 9.59 Å². The Balaban J connectivity index is 2.10. The van der Waals surface area contributed by atoms with Crippen LogP contribution in [0.25, 0.3) is 0 Å². The van der Waals surface area contributed by atoms with Crippen LogP contribution in [0.2, 0.25) is 0 Å². The smallest absolute Gasteiger partial charge is 0.265 e. The summed E-state index contributed by atoms with van der Waals surface area (Å²) < 4.78 is 0.858. The first-order valence-corrected chi connectivity index (χ1v) is 7.83. The van der Waals surface area contributed by atoms with Crippen LogP contribution in [-0.2, 0) is 11.2 Å². The highest BCUT2D eigenvalue weighted by molar-refractivity contribution is 9.10. The lowest BCUT2D eigenvalue weighted by Gasteiger charge is -2.22. The zero-order valence-corrected chi connectivity index (χ0v) is 13.7. The molecular weight excluding hydrogens is 344 g/mol. The van der Waals surface area contributed by atoms with Gasteiger partial charge in [0.2, 0.25) is 5.91 Å². The maximum absolute atomic E-state index is 12.8. The second kappa shape index (κ2) is 5.93. The first-order chi connectivity index (χ1) is 10.6. The van der Waals surface area contributed by atoms with Gasteiger partial charge >= 0.3 is 0 Å². The Morgan fingerprint density at radius 3 is 2.59 bits per heavy atom. The molecule has 0 unspecified atom stereocenters. The highest BCUT2D eigenvalue weighted by atomic mass is 79.9. The molecule has 1 aliphatic rings. The molecular formula is C17H15BrN2O2. The Labute approximate surface area is 137 Å². The van der Waals surface area contributed by atoms with Crippen molar-refractivity contribution >= 4 is 39.1 Å². The molecule has 2 amide bonds. The van der Waals surface area contributed by atoms with Gasteiger partial charge in [0.1, 0.15) is 0 Å². The molecule has 0 atom stereocenters. The lowest BCUT2D eigenvalue weighted by atomic mass is 10.1. The third kappa shape index (κ3) is 2.64. The summed E-state index contributed by atoms with van der Waals surface area (Å²) in [5.41, 5.74) is 3.06. The molecule has 0 radical (unpaired) electrons. The number of fused-ring (bicyclic) bond motifs is 1. The maximum atomic E-state index is 12.8. The fraction of sp³-hybridized carbons (Fsp3) is 0.176. The summed E-state index contributed by atoms with van der Waals surface area (Å²) in [6.45, 7) is 2.22. The highest BCUT2D eigenvalue weighted by Gasteiger charge is 2.27. The molecule has 0 spiro atoms. The number of nitrogens with zero attached hydrogens (tertiary/aromatic N) is 1. The van der Waals surface area contributed by atoms with E-state index < -0.39 is 0 Å². The monoisotopic (exact) mass is 358 g/mol. The van der Waals surface area contributed by atoms with E-state index in [1.807, 2.05) is 12.1 Å². The molecule has 4 nitrogen and oxygen atoms in total. The summed E-state index contributed by atoms with van der Waals surface area (Å²) >= 11 is 3.46. The SMILES string of the molecule is CC(=O)N(C(=O)c1ccccc1)c1cc(Br)cc2c1NCC2. The van der Waals surface area contributed by atoms with E-state index in [0.717, 1.165) is 28.7 Å². The lowest BCUT2D eigenvalue weighted by Crippen LogP contribution is -2.35. The van der Waals surface area contributed by atoms with Crippen LogP contribution in [0.3, 0.4) is 0 Å². The maximum Gasteiger partial charge on any atom is 0.265 e. The van der Waals surface area contributed by atoms with Crippen molar-refractivity contribution in [2.45, 2.75) is 13.3 Å². The Morgan fingerprint density at radius 2 is 1.91 bits per heavy atom. The predicted molar refractivity (Wildman–Crippen MR) is 90.3 cm³/mol. The quantitative estimate of drug-likeness (QED) is 0.891. The molecule has 112 valence electrons. The van der Waals surface area contributed by atoms with Crippen LogP contribution in [0.1, 0.15) is 22.8 Å². The number of hydrogen-bond donors (Lipinski definition) is 1. The molecule has 0 aliphatic carbocycles. The van der Waals surface area contributed by atoms with E-state index in [0.29, 0.717) is 11.3 Å². The van der Waals surface area contributed by atoms with Crippen LogP contribution in [0.15, 0.2) is 46.9 Å². The number of hydrogen-bond acceptors (Lipinski definition) is 3. The van der Waals surface area contributed by atoms with Crippen molar-refractivity contribution in [2.24, 2.45) is 0 Å². The number of halogens is 1. The summed E-state index contributed by atoms with van der Waals surface area (Å²) in [6, 6.07) is 12.7. The molecule has 0 aromatic heterocycles. The zero-order chi connectivity index (χ0) is 15.7. The van der Waals surface area contributed by atoms with E-state index in [4.69, 9.17) is 0 Å². The lowest BCUT2D eigenvalue weighted by molar-refractivity contribution is -0.115. The topological polar surface area (TPSA) is 49.4 Å². The molecule has 2 aromatic carbocycles. The largest absolute Gasteiger partial charge is 0.383 e. The van der Waals surface area contributed by atoms with Gasteiger partial charge in [0.25, 0.3) is 5.91 Å². The van der Waals surface area contributed by atoms with E-state index >= 15 is 0 Å². The molecule has 0 fully saturated rings. The molecule has 0 saturated heterocycles. The number of benzene rings is 2. The normalized spacial score (nSPS) is 12.5. The van der Waals surface area contributed by atoms with Crippen molar-refractivity contribution in [2.75, 3.05) is 16.8 Å². The van der Waals surface area contributed by atoms with Crippen LogP contribution in [0, 0.1) is 0 Å². The van der Waals surface area contributed by atoms with E-state index in [-0.39, 0.29) is 11.8 Å². The van der Waals surface area contributed by atoms with Crippen LogP contribution in [-0.4, -0.2) is 18.4 Å². The van der Waals surface area contributed by atoms with E-state index in [1.54, 1.807) is 30.3 Å². The molecule has 2 aromatic rings. The van der Waals surface area contributed by atoms with Crippen molar-refractivity contribution < 1.29 is 9.59 Å². The van der Waals surface area contributed by atoms with E-state index in [2.05, 4.69) is 21.2 Å². The molecule has 1 N–H and O–H groups in total. The number of carbonyl (C=O) groups is 2. The molecule has 5 heteroatoms. The van der Waals surface area contributed by atoms with Crippen molar-refractivity contribution in [3.05, 3.63) is 58.1 Å². The molecule has 0 saturated carbocycles. The molecule has 3 rings (SSSR count). The van der Waals surface area contributed by atoms with Gasteiger partial charge in [-0.05, 0) is 36.2 Å². The molecule has 22 heavy (non-hydrogen) atoms. The summed E-state index contributed by atoms with van der Waals surface area (Å²) in [5, 5.41) is 3.27. The van der Waals surface area contributed by atoms with Crippen molar-refractivity contribution in [3.63, 3.8) is 0 Å². The van der Waals surface area contributed by atoms with Gasteiger partial charge < -0.3 is 5.32 Å². The average molecular weight is 359 g/mol. The number of anilines is 2. The van der Waals surface area contributed by atoms with Gasteiger partial charge in [-0.1, -0.05) is 34.1 Å². The van der Waals surface area contributed by atoms with E-state index in [1.165, 1.54) is 11.8 Å². The predicted octanol–water partition coefficient (Wildman–Crippen LogP) is 3.61. The number of imide groups is 1. The number of carbonyl (C=O) groups excluding carboxylic acids is 2. The van der Waals surface area contributed by atoms with Crippen LogP contribution >= 0.6 is 15.9 Å². The molecule has 1 aliphatic heterocycles. The van der Waals surface area contributed by atoms with Gasteiger partial charge in [0, 0.05) is 23.5 Å².